The first-order valence-electron chi connectivity index (χ1n) is 6.74. The first kappa shape index (κ1) is 11.9. The minimum atomic E-state index is 0.503. The Morgan fingerprint density at radius 1 is 1.12 bits per heavy atom. The largest absolute Gasteiger partial charge is 0.300 e. The van der Waals surface area contributed by atoms with Gasteiger partial charge in [0.1, 0.15) is 0 Å². The molecule has 1 atom stereocenters. The number of piperidine rings is 1. The van der Waals surface area contributed by atoms with E-state index in [0.29, 0.717) is 12.6 Å². The molecular formula is C13H23N3. The lowest BCUT2D eigenvalue weighted by molar-refractivity contribution is 0.111. The lowest BCUT2D eigenvalue weighted by Gasteiger charge is -2.40. The van der Waals surface area contributed by atoms with Crippen molar-refractivity contribution in [3.05, 3.63) is 0 Å². The van der Waals surface area contributed by atoms with Crippen molar-refractivity contribution in [3.63, 3.8) is 0 Å². The fourth-order valence-corrected chi connectivity index (χ4v) is 3.14. The number of nitrogens with zero attached hydrogens (tertiary/aromatic N) is 2. The maximum Gasteiger partial charge on any atom is 0.0843 e. The molecule has 1 aliphatic carbocycles. The van der Waals surface area contributed by atoms with Crippen molar-refractivity contribution in [2.75, 3.05) is 19.6 Å². The van der Waals surface area contributed by atoms with Gasteiger partial charge in [0, 0.05) is 18.6 Å². The molecular weight excluding hydrogens is 198 g/mol. The maximum absolute atomic E-state index is 8.59. The lowest BCUT2D eigenvalue weighted by atomic mass is 9.92. The molecule has 1 saturated heterocycles. The van der Waals surface area contributed by atoms with Gasteiger partial charge < -0.3 is 5.32 Å². The zero-order valence-electron chi connectivity index (χ0n) is 10.1. The predicted octanol–water partition coefficient (Wildman–Crippen LogP) is 1.90. The van der Waals surface area contributed by atoms with Crippen LogP contribution in [0.25, 0.3) is 0 Å². The number of hydrogen-bond acceptors (Lipinski definition) is 3. The van der Waals surface area contributed by atoms with E-state index in [0.717, 1.165) is 12.6 Å². The molecule has 2 aliphatic rings. The Kier molecular flexibility index (Phi) is 4.62. The minimum Gasteiger partial charge on any atom is -0.300 e. The van der Waals surface area contributed by atoms with Crippen molar-refractivity contribution in [2.24, 2.45) is 0 Å². The Balaban J connectivity index is 1.79. The van der Waals surface area contributed by atoms with Crippen molar-refractivity contribution < 1.29 is 0 Å². The van der Waals surface area contributed by atoms with E-state index in [1.54, 1.807) is 0 Å². The molecule has 1 N–H and O–H groups in total. The Morgan fingerprint density at radius 2 is 1.94 bits per heavy atom. The normalized spacial score (nSPS) is 28.8. The van der Waals surface area contributed by atoms with Gasteiger partial charge in [0.15, 0.2) is 0 Å². The van der Waals surface area contributed by atoms with Crippen molar-refractivity contribution in [2.45, 2.75) is 57.0 Å². The topological polar surface area (TPSA) is 39.1 Å². The first-order valence-corrected chi connectivity index (χ1v) is 6.74. The summed E-state index contributed by atoms with van der Waals surface area (Å²) in [5.74, 6) is 0. The van der Waals surface area contributed by atoms with E-state index in [9.17, 15) is 0 Å². The van der Waals surface area contributed by atoms with Crippen molar-refractivity contribution in [3.8, 4) is 6.07 Å². The Hall–Kier alpha value is -0.590. The van der Waals surface area contributed by atoms with Gasteiger partial charge in [-0.2, -0.15) is 5.26 Å². The summed E-state index contributed by atoms with van der Waals surface area (Å²) < 4.78 is 0. The Labute approximate surface area is 98.8 Å². The molecule has 1 aliphatic heterocycles. The molecule has 0 amide bonds. The molecule has 0 bridgehead atoms. The zero-order valence-corrected chi connectivity index (χ0v) is 10.1. The average Bonchev–Trinajstić information content (AvgIpc) is 2.38. The van der Waals surface area contributed by atoms with Crippen molar-refractivity contribution in [1.29, 1.82) is 5.26 Å². The molecule has 90 valence electrons. The van der Waals surface area contributed by atoms with Gasteiger partial charge in [0.25, 0.3) is 0 Å². The van der Waals surface area contributed by atoms with Crippen LogP contribution < -0.4 is 5.32 Å². The highest BCUT2D eigenvalue weighted by Crippen LogP contribution is 2.25. The molecule has 0 aromatic heterocycles. The van der Waals surface area contributed by atoms with Crippen LogP contribution in [-0.2, 0) is 0 Å². The maximum atomic E-state index is 8.59. The molecule has 16 heavy (non-hydrogen) atoms. The van der Waals surface area contributed by atoms with Crippen LogP contribution >= 0.6 is 0 Å². The molecule has 2 rings (SSSR count). The standard InChI is InChI=1S/C13H23N3/c14-8-9-15-12-5-4-10-16(11-12)13-6-2-1-3-7-13/h12-13,15H,1-7,9-11H2. The SMILES string of the molecule is N#CCNC1CCCN(C2CCCCC2)C1. The second-order valence-electron chi connectivity index (χ2n) is 5.16. The van der Waals surface area contributed by atoms with Gasteiger partial charge in [-0.05, 0) is 32.2 Å². The van der Waals surface area contributed by atoms with Crippen LogP contribution in [-0.4, -0.2) is 36.6 Å². The van der Waals surface area contributed by atoms with Gasteiger partial charge in [0.05, 0.1) is 12.6 Å². The van der Waals surface area contributed by atoms with E-state index in [4.69, 9.17) is 5.26 Å². The van der Waals surface area contributed by atoms with Crippen LogP contribution in [0.2, 0.25) is 0 Å². The molecule has 3 nitrogen and oxygen atoms in total. The number of nitriles is 1. The molecule has 3 heteroatoms. The minimum absolute atomic E-state index is 0.503. The van der Waals surface area contributed by atoms with Crippen molar-refractivity contribution in [1.82, 2.24) is 10.2 Å². The summed E-state index contributed by atoms with van der Waals surface area (Å²) >= 11 is 0. The van der Waals surface area contributed by atoms with Gasteiger partial charge >= 0.3 is 0 Å². The van der Waals surface area contributed by atoms with E-state index < -0.39 is 0 Å². The molecule has 0 aromatic carbocycles. The number of likely N-dealkylation sites (tertiary alicyclic amines) is 1. The summed E-state index contributed by atoms with van der Waals surface area (Å²) in [7, 11) is 0. The summed E-state index contributed by atoms with van der Waals surface area (Å²) in [5.41, 5.74) is 0. The van der Waals surface area contributed by atoms with Crippen LogP contribution in [0.15, 0.2) is 0 Å². The number of rotatable bonds is 3. The Morgan fingerprint density at radius 3 is 2.69 bits per heavy atom. The van der Waals surface area contributed by atoms with E-state index in [1.165, 1.54) is 51.5 Å². The Bertz CT molecular complexity index is 240. The van der Waals surface area contributed by atoms with Gasteiger partial charge in [-0.3, -0.25) is 4.90 Å². The van der Waals surface area contributed by atoms with E-state index in [-0.39, 0.29) is 0 Å². The average molecular weight is 221 g/mol. The van der Waals surface area contributed by atoms with Gasteiger partial charge in [0.2, 0.25) is 0 Å². The van der Waals surface area contributed by atoms with Crippen LogP contribution in [0.4, 0.5) is 0 Å². The third kappa shape index (κ3) is 3.20. The predicted molar refractivity (Wildman–Crippen MR) is 65.1 cm³/mol. The lowest BCUT2D eigenvalue weighted by Crippen LogP contribution is -2.50. The van der Waals surface area contributed by atoms with Crippen LogP contribution in [0.3, 0.4) is 0 Å². The van der Waals surface area contributed by atoms with Gasteiger partial charge in [-0.1, -0.05) is 19.3 Å². The monoisotopic (exact) mass is 221 g/mol. The van der Waals surface area contributed by atoms with E-state index in [2.05, 4.69) is 16.3 Å². The van der Waals surface area contributed by atoms with E-state index >= 15 is 0 Å². The molecule has 2 fully saturated rings. The van der Waals surface area contributed by atoms with Crippen LogP contribution in [0.5, 0.6) is 0 Å². The van der Waals surface area contributed by atoms with E-state index in [1.807, 2.05) is 0 Å². The fourth-order valence-electron chi connectivity index (χ4n) is 3.14. The smallest absolute Gasteiger partial charge is 0.0843 e. The van der Waals surface area contributed by atoms with Crippen LogP contribution in [0, 0.1) is 11.3 Å². The molecule has 1 heterocycles. The highest BCUT2D eigenvalue weighted by Gasteiger charge is 2.26. The second kappa shape index (κ2) is 6.22. The summed E-state index contributed by atoms with van der Waals surface area (Å²) in [6, 6.07) is 3.56. The highest BCUT2D eigenvalue weighted by molar-refractivity contribution is 4.86. The summed E-state index contributed by atoms with van der Waals surface area (Å²) in [5, 5.41) is 11.9. The third-order valence-corrected chi connectivity index (χ3v) is 4.01. The van der Waals surface area contributed by atoms with Crippen LogP contribution in [0.1, 0.15) is 44.9 Å². The van der Waals surface area contributed by atoms with Crippen molar-refractivity contribution >= 4 is 0 Å². The first-order chi connectivity index (χ1) is 7.90. The molecule has 1 unspecified atom stereocenters. The third-order valence-electron chi connectivity index (χ3n) is 4.01. The fraction of sp³-hybridized carbons (Fsp3) is 0.923. The second-order valence-corrected chi connectivity index (χ2v) is 5.16. The molecule has 0 radical (unpaired) electrons. The zero-order chi connectivity index (χ0) is 11.2. The molecule has 0 spiro atoms. The highest BCUT2D eigenvalue weighted by atomic mass is 15.2. The number of hydrogen-bond donors (Lipinski definition) is 1. The molecule has 1 saturated carbocycles. The quantitative estimate of drug-likeness (QED) is 0.740. The molecule has 0 aromatic rings. The van der Waals surface area contributed by atoms with Gasteiger partial charge in [-0.15, -0.1) is 0 Å². The summed E-state index contributed by atoms with van der Waals surface area (Å²) in [6.45, 7) is 2.94. The summed E-state index contributed by atoms with van der Waals surface area (Å²) in [6.07, 6.45) is 9.58. The number of nitrogens with one attached hydrogen (secondary N) is 1. The summed E-state index contributed by atoms with van der Waals surface area (Å²) in [4.78, 5) is 2.66. The van der Waals surface area contributed by atoms with Gasteiger partial charge in [-0.25, -0.2) is 0 Å².